The Morgan fingerprint density at radius 1 is 1.42 bits per heavy atom. The van der Waals surface area contributed by atoms with Crippen molar-refractivity contribution in [2.45, 2.75) is 19.0 Å². The molecule has 1 aromatic carbocycles. The van der Waals surface area contributed by atoms with Crippen LogP contribution in [-0.4, -0.2) is 34.3 Å². The topological polar surface area (TPSA) is 33.1 Å². The van der Waals surface area contributed by atoms with E-state index in [1.54, 1.807) is 0 Å². The standard InChI is InChI=1S/C15H20N4/c1-18(9-12-8-16-19(2)10-12)11-14-7-13-5-3-4-6-15(13)17-14/h3-6,8,10,14,17H,7,9,11H2,1-2H3. The molecule has 0 amide bonds. The molecule has 1 aliphatic rings. The summed E-state index contributed by atoms with van der Waals surface area (Å²) in [6.45, 7) is 1.99. The van der Waals surface area contributed by atoms with Crippen LogP contribution in [0.25, 0.3) is 0 Å². The number of fused-ring (bicyclic) bond motifs is 1. The number of benzene rings is 1. The van der Waals surface area contributed by atoms with E-state index >= 15 is 0 Å². The van der Waals surface area contributed by atoms with Gasteiger partial charge in [-0.1, -0.05) is 18.2 Å². The SMILES string of the molecule is CN(Cc1cnn(C)c1)CC1Cc2ccccc2N1. The summed E-state index contributed by atoms with van der Waals surface area (Å²) in [5.41, 5.74) is 3.99. The molecule has 1 aromatic heterocycles. The fraction of sp³-hybridized carbons (Fsp3) is 0.400. The van der Waals surface area contributed by atoms with Gasteiger partial charge in [-0.25, -0.2) is 0 Å². The summed E-state index contributed by atoms with van der Waals surface area (Å²) >= 11 is 0. The summed E-state index contributed by atoms with van der Waals surface area (Å²) < 4.78 is 1.85. The van der Waals surface area contributed by atoms with Gasteiger partial charge in [0.1, 0.15) is 0 Å². The highest BCUT2D eigenvalue weighted by Crippen LogP contribution is 2.25. The van der Waals surface area contributed by atoms with Crippen molar-refractivity contribution in [1.29, 1.82) is 0 Å². The van der Waals surface area contributed by atoms with E-state index in [2.05, 4.69) is 52.8 Å². The second kappa shape index (κ2) is 5.05. The van der Waals surface area contributed by atoms with E-state index in [-0.39, 0.29) is 0 Å². The number of rotatable bonds is 4. The van der Waals surface area contributed by atoms with Crippen LogP contribution in [0.1, 0.15) is 11.1 Å². The second-order valence-electron chi connectivity index (χ2n) is 5.42. The van der Waals surface area contributed by atoms with Gasteiger partial charge in [0.15, 0.2) is 0 Å². The van der Waals surface area contributed by atoms with Crippen molar-refractivity contribution in [3.8, 4) is 0 Å². The van der Waals surface area contributed by atoms with Gasteiger partial charge in [0.2, 0.25) is 0 Å². The number of nitrogens with one attached hydrogen (secondary N) is 1. The van der Waals surface area contributed by atoms with Crippen molar-refractivity contribution in [2.24, 2.45) is 7.05 Å². The molecule has 0 spiro atoms. The van der Waals surface area contributed by atoms with E-state index in [1.807, 2.05) is 17.9 Å². The number of aromatic nitrogens is 2. The maximum atomic E-state index is 4.21. The minimum atomic E-state index is 0.513. The van der Waals surface area contributed by atoms with Crippen molar-refractivity contribution in [2.75, 3.05) is 18.9 Å². The predicted molar refractivity (Wildman–Crippen MR) is 77.1 cm³/mol. The Morgan fingerprint density at radius 2 is 2.26 bits per heavy atom. The van der Waals surface area contributed by atoms with Crippen molar-refractivity contribution in [3.63, 3.8) is 0 Å². The van der Waals surface area contributed by atoms with Gasteiger partial charge in [-0.3, -0.25) is 9.58 Å². The molecule has 2 aromatic rings. The Morgan fingerprint density at radius 3 is 3.00 bits per heavy atom. The molecule has 0 saturated carbocycles. The molecule has 0 radical (unpaired) electrons. The quantitative estimate of drug-likeness (QED) is 0.907. The Hall–Kier alpha value is -1.81. The van der Waals surface area contributed by atoms with Crippen LogP contribution in [0.5, 0.6) is 0 Å². The predicted octanol–water partition coefficient (Wildman–Crippen LogP) is 1.89. The molecule has 0 fully saturated rings. The summed E-state index contributed by atoms with van der Waals surface area (Å²) in [6.07, 6.45) is 5.13. The molecule has 4 nitrogen and oxygen atoms in total. The number of hydrogen-bond donors (Lipinski definition) is 1. The lowest BCUT2D eigenvalue weighted by Gasteiger charge is -2.20. The van der Waals surface area contributed by atoms with Crippen LogP contribution >= 0.6 is 0 Å². The fourth-order valence-electron chi connectivity index (χ4n) is 2.79. The average Bonchev–Trinajstić information content (AvgIpc) is 2.94. The lowest BCUT2D eigenvalue weighted by molar-refractivity contribution is 0.312. The summed E-state index contributed by atoms with van der Waals surface area (Å²) in [5, 5.41) is 7.80. The normalized spacial score (nSPS) is 17.5. The Balaban J connectivity index is 1.55. The molecule has 0 aliphatic carbocycles. The first-order valence-corrected chi connectivity index (χ1v) is 6.71. The lowest BCUT2D eigenvalue weighted by Crippen LogP contribution is -2.32. The maximum Gasteiger partial charge on any atom is 0.0534 e. The van der Waals surface area contributed by atoms with E-state index in [0.717, 1.165) is 19.5 Å². The van der Waals surface area contributed by atoms with Crippen LogP contribution < -0.4 is 5.32 Å². The monoisotopic (exact) mass is 256 g/mol. The highest BCUT2D eigenvalue weighted by molar-refractivity contribution is 5.56. The van der Waals surface area contributed by atoms with Crippen LogP contribution in [0, 0.1) is 0 Å². The Bertz CT molecular complexity index is 536. The summed E-state index contributed by atoms with van der Waals surface area (Å²) in [4.78, 5) is 2.35. The molecule has 3 rings (SSSR count). The molecule has 100 valence electrons. The molecule has 4 heteroatoms. The first kappa shape index (κ1) is 12.2. The Labute approximate surface area is 114 Å². The highest BCUT2D eigenvalue weighted by Gasteiger charge is 2.21. The van der Waals surface area contributed by atoms with Gasteiger partial charge < -0.3 is 5.32 Å². The molecule has 1 atom stereocenters. The zero-order valence-electron chi connectivity index (χ0n) is 11.5. The Kier molecular flexibility index (Phi) is 3.25. The van der Waals surface area contributed by atoms with E-state index in [4.69, 9.17) is 0 Å². The van der Waals surface area contributed by atoms with Gasteiger partial charge in [-0.15, -0.1) is 0 Å². The summed E-state index contributed by atoms with van der Waals surface area (Å²) in [7, 11) is 4.12. The van der Waals surface area contributed by atoms with Crippen LogP contribution in [-0.2, 0) is 20.0 Å². The third-order valence-corrected chi connectivity index (χ3v) is 3.59. The van der Waals surface area contributed by atoms with Gasteiger partial charge in [0.25, 0.3) is 0 Å². The molecule has 1 aliphatic heterocycles. The van der Waals surface area contributed by atoms with Gasteiger partial charge in [-0.2, -0.15) is 5.10 Å². The van der Waals surface area contributed by atoms with Crippen LogP contribution in [0.15, 0.2) is 36.7 Å². The van der Waals surface area contributed by atoms with Crippen LogP contribution in [0.3, 0.4) is 0 Å². The highest BCUT2D eigenvalue weighted by atomic mass is 15.2. The van der Waals surface area contributed by atoms with Gasteiger partial charge in [-0.05, 0) is 25.1 Å². The zero-order valence-corrected chi connectivity index (χ0v) is 11.5. The number of aryl methyl sites for hydroxylation is 1. The van der Waals surface area contributed by atoms with Gasteiger partial charge >= 0.3 is 0 Å². The third-order valence-electron chi connectivity index (χ3n) is 3.59. The third kappa shape index (κ3) is 2.79. The number of likely N-dealkylation sites (N-methyl/N-ethyl adjacent to an activating group) is 1. The molecular weight excluding hydrogens is 236 g/mol. The molecular formula is C15H20N4. The van der Waals surface area contributed by atoms with Gasteiger partial charge in [0.05, 0.1) is 6.20 Å². The van der Waals surface area contributed by atoms with Crippen molar-refractivity contribution >= 4 is 5.69 Å². The molecule has 0 saturated heterocycles. The zero-order chi connectivity index (χ0) is 13.2. The summed E-state index contributed by atoms with van der Waals surface area (Å²) in [5.74, 6) is 0. The minimum Gasteiger partial charge on any atom is -0.380 e. The fourth-order valence-corrected chi connectivity index (χ4v) is 2.79. The van der Waals surface area contributed by atoms with Crippen molar-refractivity contribution in [3.05, 3.63) is 47.8 Å². The molecule has 1 N–H and O–H groups in total. The lowest BCUT2D eigenvalue weighted by atomic mass is 10.1. The molecule has 1 unspecified atom stereocenters. The smallest absolute Gasteiger partial charge is 0.0534 e. The molecule has 0 bridgehead atoms. The maximum absolute atomic E-state index is 4.21. The molecule has 2 heterocycles. The molecule has 19 heavy (non-hydrogen) atoms. The first-order valence-electron chi connectivity index (χ1n) is 6.71. The minimum absolute atomic E-state index is 0.513. The number of nitrogens with zero attached hydrogens (tertiary/aromatic N) is 3. The van der Waals surface area contributed by atoms with Crippen LogP contribution in [0.4, 0.5) is 5.69 Å². The largest absolute Gasteiger partial charge is 0.380 e. The second-order valence-corrected chi connectivity index (χ2v) is 5.42. The number of hydrogen-bond acceptors (Lipinski definition) is 3. The number of anilines is 1. The van der Waals surface area contributed by atoms with E-state index < -0.39 is 0 Å². The van der Waals surface area contributed by atoms with E-state index in [9.17, 15) is 0 Å². The first-order chi connectivity index (χ1) is 9.20. The van der Waals surface area contributed by atoms with Crippen molar-refractivity contribution in [1.82, 2.24) is 14.7 Å². The van der Waals surface area contributed by atoms with E-state index in [1.165, 1.54) is 16.8 Å². The van der Waals surface area contributed by atoms with Crippen molar-refractivity contribution < 1.29 is 0 Å². The van der Waals surface area contributed by atoms with Gasteiger partial charge in [0, 0.05) is 43.6 Å². The summed E-state index contributed by atoms with van der Waals surface area (Å²) in [6, 6.07) is 9.09. The number of para-hydroxylation sites is 1. The van der Waals surface area contributed by atoms with E-state index in [0.29, 0.717) is 6.04 Å². The average molecular weight is 256 g/mol. The van der Waals surface area contributed by atoms with Crippen LogP contribution in [0.2, 0.25) is 0 Å².